The summed E-state index contributed by atoms with van der Waals surface area (Å²) in [6.45, 7) is 1.76. The molecule has 2 aromatic carbocycles. The molecular weight excluding hydrogens is 394 g/mol. The lowest BCUT2D eigenvalue weighted by molar-refractivity contribution is 0.0595. The number of esters is 1. The smallest absolute Gasteiger partial charge is 0.340 e. The molecule has 0 atom stereocenters. The van der Waals surface area contributed by atoms with E-state index in [1.54, 1.807) is 13.1 Å². The van der Waals surface area contributed by atoms with Gasteiger partial charge in [0.2, 0.25) is 0 Å². The summed E-state index contributed by atoms with van der Waals surface area (Å²) < 4.78 is 60.8. The van der Waals surface area contributed by atoms with Crippen molar-refractivity contribution in [3.63, 3.8) is 0 Å². The number of sulfonamides is 1. The molecule has 0 aliphatic carbocycles. The van der Waals surface area contributed by atoms with Crippen molar-refractivity contribution in [3.05, 3.63) is 65.5 Å². The van der Waals surface area contributed by atoms with Crippen LogP contribution in [0.5, 0.6) is 0 Å². The maximum atomic E-state index is 14.1. The van der Waals surface area contributed by atoms with E-state index in [0.717, 1.165) is 7.11 Å². The minimum Gasteiger partial charge on any atom is -0.465 e. The Kier molecular flexibility index (Phi) is 5.10. The number of halogens is 2. The Labute approximate surface area is 158 Å². The monoisotopic (exact) mass is 408 g/mol. The van der Waals surface area contributed by atoms with Crippen LogP contribution in [-0.2, 0) is 14.8 Å². The summed E-state index contributed by atoms with van der Waals surface area (Å²) in [5, 5.41) is 7.70. The van der Waals surface area contributed by atoms with Gasteiger partial charge in [0.1, 0.15) is 11.6 Å². The summed E-state index contributed by atoms with van der Waals surface area (Å²) in [7, 11) is -3.19. The number of hydrogen-bond acceptors (Lipinski definition) is 6. The van der Waals surface area contributed by atoms with E-state index in [9.17, 15) is 22.0 Å². The third-order valence-electron chi connectivity index (χ3n) is 3.73. The predicted molar refractivity (Wildman–Crippen MR) is 94.6 cm³/mol. The van der Waals surface area contributed by atoms with Crippen LogP contribution >= 0.6 is 0 Å². The first-order valence-electron chi connectivity index (χ1n) is 7.81. The Hall–Kier alpha value is -3.34. The lowest BCUT2D eigenvalue weighted by Crippen LogP contribution is -2.15. The SMILES string of the molecule is COC(=O)c1cc(F)c(NS(=O)(=O)c2ccc(-n3cc(C)nn3)cc2)cc1F. The lowest BCUT2D eigenvalue weighted by Gasteiger charge is -2.11. The lowest BCUT2D eigenvalue weighted by atomic mass is 10.2. The Morgan fingerprint density at radius 1 is 1.14 bits per heavy atom. The molecule has 0 spiro atoms. The van der Waals surface area contributed by atoms with Crippen LogP contribution in [0.3, 0.4) is 0 Å². The fraction of sp³-hybridized carbons (Fsp3) is 0.118. The van der Waals surface area contributed by atoms with Gasteiger partial charge in [-0.15, -0.1) is 5.10 Å². The number of ether oxygens (including phenoxy) is 1. The molecule has 0 saturated carbocycles. The van der Waals surface area contributed by atoms with E-state index in [2.05, 4.69) is 15.0 Å². The minimum atomic E-state index is -4.20. The summed E-state index contributed by atoms with van der Waals surface area (Å²) in [5.74, 6) is -3.33. The summed E-state index contributed by atoms with van der Waals surface area (Å²) in [5.41, 5.74) is -0.0259. The molecule has 3 aromatic rings. The molecule has 0 amide bonds. The third kappa shape index (κ3) is 3.83. The Morgan fingerprint density at radius 3 is 2.39 bits per heavy atom. The van der Waals surface area contributed by atoms with Crippen LogP contribution in [0.15, 0.2) is 47.5 Å². The number of methoxy groups -OCH3 is 1. The van der Waals surface area contributed by atoms with Gasteiger partial charge in [0.15, 0.2) is 0 Å². The molecule has 1 aromatic heterocycles. The summed E-state index contributed by atoms with van der Waals surface area (Å²) >= 11 is 0. The molecule has 28 heavy (non-hydrogen) atoms. The summed E-state index contributed by atoms with van der Waals surface area (Å²) in [4.78, 5) is 11.2. The largest absolute Gasteiger partial charge is 0.465 e. The highest BCUT2D eigenvalue weighted by Gasteiger charge is 2.21. The molecule has 0 saturated heterocycles. The zero-order chi connectivity index (χ0) is 20.5. The van der Waals surface area contributed by atoms with E-state index in [4.69, 9.17) is 0 Å². The van der Waals surface area contributed by atoms with Gasteiger partial charge in [-0.25, -0.2) is 26.7 Å². The normalized spacial score (nSPS) is 11.3. The van der Waals surface area contributed by atoms with Crippen molar-refractivity contribution in [3.8, 4) is 5.69 Å². The first kappa shape index (κ1) is 19.4. The van der Waals surface area contributed by atoms with Gasteiger partial charge in [-0.1, -0.05) is 5.21 Å². The van der Waals surface area contributed by atoms with Gasteiger partial charge in [0.05, 0.1) is 40.8 Å². The molecule has 8 nitrogen and oxygen atoms in total. The van der Waals surface area contributed by atoms with Crippen LogP contribution in [-0.4, -0.2) is 36.5 Å². The van der Waals surface area contributed by atoms with Gasteiger partial charge >= 0.3 is 5.97 Å². The standard InChI is InChI=1S/C17H14F2N4O4S/c1-10-9-23(22-20-10)11-3-5-12(6-4-11)28(25,26)21-16-8-14(18)13(7-15(16)19)17(24)27-2/h3-9,21H,1-2H3. The van der Waals surface area contributed by atoms with Crippen molar-refractivity contribution in [1.29, 1.82) is 0 Å². The number of anilines is 1. The van der Waals surface area contributed by atoms with Crippen LogP contribution in [0.2, 0.25) is 0 Å². The van der Waals surface area contributed by atoms with Crippen LogP contribution in [0, 0.1) is 18.6 Å². The number of benzene rings is 2. The maximum Gasteiger partial charge on any atom is 0.340 e. The highest BCUT2D eigenvalue weighted by atomic mass is 32.2. The number of aryl methyl sites for hydroxylation is 1. The van der Waals surface area contributed by atoms with Gasteiger partial charge in [0, 0.05) is 6.07 Å². The number of carbonyl (C=O) groups excluding carboxylic acids is 1. The molecule has 11 heteroatoms. The number of hydrogen-bond donors (Lipinski definition) is 1. The van der Waals surface area contributed by atoms with Crippen molar-refractivity contribution in [2.75, 3.05) is 11.8 Å². The molecule has 0 unspecified atom stereocenters. The van der Waals surface area contributed by atoms with Crippen molar-refractivity contribution >= 4 is 21.7 Å². The molecule has 0 fully saturated rings. The Balaban J connectivity index is 1.88. The van der Waals surface area contributed by atoms with E-state index in [-0.39, 0.29) is 4.90 Å². The van der Waals surface area contributed by atoms with Gasteiger partial charge in [-0.2, -0.15) is 0 Å². The quantitative estimate of drug-likeness (QED) is 0.651. The highest BCUT2D eigenvalue weighted by Crippen LogP contribution is 2.23. The first-order chi connectivity index (χ1) is 13.2. The topological polar surface area (TPSA) is 103 Å². The molecule has 146 valence electrons. The van der Waals surface area contributed by atoms with Crippen LogP contribution in [0.1, 0.15) is 16.1 Å². The fourth-order valence-electron chi connectivity index (χ4n) is 2.35. The number of nitrogens with one attached hydrogen (secondary N) is 1. The average Bonchev–Trinajstić information content (AvgIpc) is 3.10. The van der Waals surface area contributed by atoms with E-state index < -0.39 is 38.9 Å². The van der Waals surface area contributed by atoms with E-state index in [1.165, 1.54) is 28.9 Å². The summed E-state index contributed by atoms with van der Waals surface area (Å²) in [6.07, 6.45) is 1.66. The van der Waals surface area contributed by atoms with Crippen LogP contribution in [0.25, 0.3) is 5.69 Å². The first-order valence-corrected chi connectivity index (χ1v) is 9.29. The van der Waals surface area contributed by atoms with E-state index in [0.29, 0.717) is 23.5 Å². The van der Waals surface area contributed by atoms with Gasteiger partial charge < -0.3 is 4.74 Å². The Bertz CT molecular complexity index is 1140. The van der Waals surface area contributed by atoms with Gasteiger partial charge in [-0.05, 0) is 37.3 Å². The minimum absolute atomic E-state index is 0.176. The van der Waals surface area contributed by atoms with E-state index in [1.807, 2.05) is 4.72 Å². The van der Waals surface area contributed by atoms with Crippen molar-refractivity contribution in [2.24, 2.45) is 0 Å². The van der Waals surface area contributed by atoms with Crippen molar-refractivity contribution in [1.82, 2.24) is 15.0 Å². The summed E-state index contributed by atoms with van der Waals surface area (Å²) in [6, 6.07) is 6.68. The molecule has 0 bridgehead atoms. The molecule has 0 radical (unpaired) electrons. The number of carbonyl (C=O) groups is 1. The van der Waals surface area contributed by atoms with E-state index >= 15 is 0 Å². The molecule has 0 aliphatic heterocycles. The molecule has 1 N–H and O–H groups in total. The second-order valence-electron chi connectivity index (χ2n) is 5.71. The molecule has 0 aliphatic rings. The third-order valence-corrected chi connectivity index (χ3v) is 5.11. The van der Waals surface area contributed by atoms with Gasteiger partial charge in [0.25, 0.3) is 10.0 Å². The molecule has 3 rings (SSSR count). The molecule has 1 heterocycles. The number of rotatable bonds is 5. The number of nitrogens with zero attached hydrogens (tertiary/aromatic N) is 3. The van der Waals surface area contributed by atoms with Gasteiger partial charge in [-0.3, -0.25) is 4.72 Å². The van der Waals surface area contributed by atoms with Crippen molar-refractivity contribution in [2.45, 2.75) is 11.8 Å². The average molecular weight is 408 g/mol. The Morgan fingerprint density at radius 2 is 1.82 bits per heavy atom. The zero-order valence-corrected chi connectivity index (χ0v) is 15.5. The maximum absolute atomic E-state index is 14.1. The van der Waals surface area contributed by atoms with Crippen LogP contribution < -0.4 is 4.72 Å². The second kappa shape index (κ2) is 7.35. The fourth-order valence-corrected chi connectivity index (χ4v) is 3.40. The zero-order valence-electron chi connectivity index (χ0n) is 14.7. The highest BCUT2D eigenvalue weighted by molar-refractivity contribution is 7.92. The predicted octanol–water partition coefficient (Wildman–Crippen LogP) is 2.44. The second-order valence-corrected chi connectivity index (χ2v) is 7.39. The number of aromatic nitrogens is 3. The van der Waals surface area contributed by atoms with Crippen LogP contribution in [0.4, 0.5) is 14.5 Å². The van der Waals surface area contributed by atoms with Crippen molar-refractivity contribution < 1.29 is 26.7 Å². The molecular formula is C17H14F2N4O4S.